The van der Waals surface area contributed by atoms with Crippen molar-refractivity contribution in [2.45, 2.75) is 63.4 Å². The first kappa shape index (κ1) is 18.4. The van der Waals surface area contributed by atoms with Gasteiger partial charge in [0.25, 0.3) is 5.91 Å². The molecule has 25 heavy (non-hydrogen) atoms. The van der Waals surface area contributed by atoms with Crippen molar-refractivity contribution in [3.63, 3.8) is 0 Å². The average molecular weight is 365 g/mol. The monoisotopic (exact) mass is 364 g/mol. The molecule has 6 heteroatoms. The van der Waals surface area contributed by atoms with Gasteiger partial charge in [-0.15, -0.1) is 0 Å². The van der Waals surface area contributed by atoms with Crippen LogP contribution >= 0.6 is 0 Å². The van der Waals surface area contributed by atoms with Gasteiger partial charge in [0.15, 0.2) is 0 Å². The van der Waals surface area contributed by atoms with Gasteiger partial charge < -0.3 is 4.90 Å². The number of amides is 1. The molecule has 2 saturated carbocycles. The number of rotatable bonds is 8. The number of sulfonamides is 1. The van der Waals surface area contributed by atoms with Crippen molar-refractivity contribution in [3.05, 3.63) is 29.8 Å². The summed E-state index contributed by atoms with van der Waals surface area (Å²) < 4.78 is 26.9. The topological polar surface area (TPSA) is 57.7 Å². The Hall–Kier alpha value is -1.40. The second-order valence-corrected chi connectivity index (χ2v) is 9.08. The van der Waals surface area contributed by atoms with E-state index in [0.29, 0.717) is 30.6 Å². The summed E-state index contributed by atoms with van der Waals surface area (Å²) >= 11 is 0. The van der Waals surface area contributed by atoms with E-state index in [4.69, 9.17) is 0 Å². The van der Waals surface area contributed by atoms with Gasteiger partial charge in [-0.2, -0.15) is 4.31 Å². The largest absolute Gasteiger partial charge is 0.333 e. The van der Waals surface area contributed by atoms with E-state index in [1.807, 2.05) is 18.7 Å². The SMILES string of the molecule is CCN(CC)S(=O)(=O)c1cccc(C(=O)N(C2CC2)C(C)C2CC2)c1. The summed E-state index contributed by atoms with van der Waals surface area (Å²) in [6.07, 6.45) is 4.49. The summed E-state index contributed by atoms with van der Waals surface area (Å²) in [5, 5.41) is 0. The summed E-state index contributed by atoms with van der Waals surface area (Å²) in [6.45, 7) is 6.61. The highest BCUT2D eigenvalue weighted by molar-refractivity contribution is 7.89. The minimum Gasteiger partial charge on any atom is -0.333 e. The van der Waals surface area contributed by atoms with Crippen molar-refractivity contribution in [2.24, 2.45) is 5.92 Å². The van der Waals surface area contributed by atoms with Gasteiger partial charge in [-0.3, -0.25) is 4.79 Å². The minimum absolute atomic E-state index is 0.0292. The summed E-state index contributed by atoms with van der Waals surface area (Å²) in [6, 6.07) is 7.10. The first-order chi connectivity index (χ1) is 11.9. The number of carbonyl (C=O) groups is 1. The Morgan fingerprint density at radius 3 is 2.32 bits per heavy atom. The lowest BCUT2D eigenvalue weighted by Gasteiger charge is -2.30. The number of hydrogen-bond donors (Lipinski definition) is 0. The molecular weight excluding hydrogens is 336 g/mol. The highest BCUT2D eigenvalue weighted by Gasteiger charge is 2.42. The Morgan fingerprint density at radius 1 is 1.16 bits per heavy atom. The molecule has 0 heterocycles. The van der Waals surface area contributed by atoms with Crippen molar-refractivity contribution in [3.8, 4) is 0 Å². The van der Waals surface area contributed by atoms with Crippen LogP contribution in [0.3, 0.4) is 0 Å². The van der Waals surface area contributed by atoms with E-state index in [1.54, 1.807) is 24.3 Å². The van der Waals surface area contributed by atoms with Gasteiger partial charge in [-0.05, 0) is 56.7 Å². The molecule has 1 aromatic rings. The second-order valence-electron chi connectivity index (χ2n) is 7.14. The molecule has 0 aromatic heterocycles. The van der Waals surface area contributed by atoms with Crippen LogP contribution in [0.2, 0.25) is 0 Å². The third-order valence-corrected chi connectivity index (χ3v) is 7.39. The Kier molecular flexibility index (Phi) is 5.21. The molecule has 0 radical (unpaired) electrons. The van der Waals surface area contributed by atoms with Crippen molar-refractivity contribution in [2.75, 3.05) is 13.1 Å². The molecule has 0 aliphatic heterocycles. The van der Waals surface area contributed by atoms with E-state index < -0.39 is 10.0 Å². The van der Waals surface area contributed by atoms with Gasteiger partial charge in [-0.25, -0.2) is 8.42 Å². The molecule has 1 unspecified atom stereocenters. The van der Waals surface area contributed by atoms with Gasteiger partial charge in [0.2, 0.25) is 10.0 Å². The summed E-state index contributed by atoms with van der Waals surface area (Å²) in [7, 11) is -3.55. The van der Waals surface area contributed by atoms with Crippen molar-refractivity contribution >= 4 is 15.9 Å². The summed E-state index contributed by atoms with van der Waals surface area (Å²) in [4.78, 5) is 15.3. The molecule has 1 atom stereocenters. The fourth-order valence-electron chi connectivity index (χ4n) is 3.49. The van der Waals surface area contributed by atoms with Gasteiger partial charge in [0, 0.05) is 30.7 Å². The minimum atomic E-state index is -3.55. The molecule has 138 valence electrons. The predicted octanol–water partition coefficient (Wildman–Crippen LogP) is 3.12. The molecule has 0 saturated heterocycles. The van der Waals surface area contributed by atoms with Crippen molar-refractivity contribution < 1.29 is 13.2 Å². The van der Waals surface area contributed by atoms with E-state index in [1.165, 1.54) is 17.1 Å². The second kappa shape index (κ2) is 7.08. The number of hydrogen-bond acceptors (Lipinski definition) is 3. The molecule has 2 fully saturated rings. The molecule has 1 amide bonds. The van der Waals surface area contributed by atoms with Crippen molar-refractivity contribution in [1.29, 1.82) is 0 Å². The Balaban J connectivity index is 1.88. The van der Waals surface area contributed by atoms with Crippen molar-refractivity contribution in [1.82, 2.24) is 9.21 Å². The molecule has 3 rings (SSSR count). The zero-order chi connectivity index (χ0) is 18.2. The zero-order valence-corrected chi connectivity index (χ0v) is 16.1. The Morgan fingerprint density at radius 2 is 1.80 bits per heavy atom. The van der Waals surface area contributed by atoms with E-state index in [2.05, 4.69) is 6.92 Å². The molecule has 0 bridgehead atoms. The predicted molar refractivity (Wildman–Crippen MR) is 97.9 cm³/mol. The third kappa shape index (κ3) is 3.75. The number of nitrogens with zero attached hydrogens (tertiary/aromatic N) is 2. The summed E-state index contributed by atoms with van der Waals surface area (Å²) in [5.41, 5.74) is 0.479. The molecule has 0 spiro atoms. The van der Waals surface area contributed by atoms with E-state index >= 15 is 0 Å². The van der Waals surface area contributed by atoms with E-state index in [0.717, 1.165) is 12.8 Å². The van der Waals surface area contributed by atoms with Crippen LogP contribution in [0.4, 0.5) is 0 Å². The van der Waals surface area contributed by atoms with Gasteiger partial charge in [0.05, 0.1) is 4.90 Å². The molecule has 1 aromatic carbocycles. The van der Waals surface area contributed by atoms with Crippen LogP contribution in [0, 0.1) is 5.92 Å². The smallest absolute Gasteiger partial charge is 0.254 e. The molecular formula is C19H28N2O3S. The van der Waals surface area contributed by atoms with E-state index in [-0.39, 0.29) is 16.8 Å². The van der Waals surface area contributed by atoms with E-state index in [9.17, 15) is 13.2 Å². The lowest BCUT2D eigenvalue weighted by molar-refractivity contribution is 0.0654. The maximum atomic E-state index is 13.1. The van der Waals surface area contributed by atoms with Crippen LogP contribution in [0.25, 0.3) is 0 Å². The quantitative estimate of drug-likeness (QED) is 0.712. The fraction of sp³-hybridized carbons (Fsp3) is 0.632. The highest BCUT2D eigenvalue weighted by Crippen LogP contribution is 2.40. The lowest BCUT2D eigenvalue weighted by atomic mass is 10.1. The normalized spacial score (nSPS) is 19.0. The van der Waals surface area contributed by atoms with Gasteiger partial charge in [0.1, 0.15) is 0 Å². The molecule has 2 aliphatic carbocycles. The standard InChI is InChI=1S/C19H28N2O3S/c1-4-20(5-2)25(23,24)18-8-6-7-16(13-18)19(22)21(17-11-12-17)14(3)15-9-10-15/h6-8,13-15,17H,4-5,9-12H2,1-3H3. The van der Waals surface area contributed by atoms with Gasteiger partial charge in [-0.1, -0.05) is 19.9 Å². The van der Waals surface area contributed by atoms with Crippen LogP contribution in [0.5, 0.6) is 0 Å². The Labute approximate surface area is 151 Å². The number of carbonyl (C=O) groups excluding carboxylic acids is 1. The first-order valence-corrected chi connectivity index (χ1v) is 10.8. The average Bonchev–Trinajstić information content (AvgIpc) is 3.48. The lowest BCUT2D eigenvalue weighted by Crippen LogP contribution is -2.41. The molecule has 5 nitrogen and oxygen atoms in total. The number of benzene rings is 1. The molecule has 0 N–H and O–H groups in total. The van der Waals surface area contributed by atoms with Crippen LogP contribution in [-0.4, -0.2) is 48.7 Å². The Bertz CT molecular complexity index is 735. The third-order valence-electron chi connectivity index (χ3n) is 5.34. The first-order valence-electron chi connectivity index (χ1n) is 9.33. The zero-order valence-electron chi connectivity index (χ0n) is 15.3. The molecule has 2 aliphatic rings. The van der Waals surface area contributed by atoms with Crippen LogP contribution in [0.1, 0.15) is 56.8 Å². The summed E-state index contributed by atoms with van der Waals surface area (Å²) in [5.74, 6) is 0.575. The van der Waals surface area contributed by atoms with Crippen LogP contribution < -0.4 is 0 Å². The highest BCUT2D eigenvalue weighted by atomic mass is 32.2. The van der Waals surface area contributed by atoms with Crippen LogP contribution in [0.15, 0.2) is 29.2 Å². The maximum Gasteiger partial charge on any atom is 0.254 e. The van der Waals surface area contributed by atoms with Gasteiger partial charge >= 0.3 is 0 Å². The maximum absolute atomic E-state index is 13.1. The van der Waals surface area contributed by atoms with Crippen LogP contribution in [-0.2, 0) is 10.0 Å². The fourth-order valence-corrected chi connectivity index (χ4v) is 5.00.